The van der Waals surface area contributed by atoms with Crippen LogP contribution in [-0.4, -0.2) is 22.7 Å². The first kappa shape index (κ1) is 18.2. The van der Waals surface area contributed by atoms with Gasteiger partial charge in [-0.1, -0.05) is 53.5 Å². The van der Waals surface area contributed by atoms with Crippen LogP contribution in [0, 0.1) is 0 Å². The summed E-state index contributed by atoms with van der Waals surface area (Å²) in [5, 5.41) is 7.83. The molecule has 29 heavy (non-hydrogen) atoms. The summed E-state index contributed by atoms with van der Waals surface area (Å²) in [4.78, 5) is 13.3. The van der Waals surface area contributed by atoms with Crippen LogP contribution in [-0.2, 0) is 0 Å². The molecular formula is C23H16Cl2N2O2. The third-order valence-corrected chi connectivity index (χ3v) is 5.73. The largest absolute Gasteiger partial charge is 0.461 e. The van der Waals surface area contributed by atoms with E-state index in [1.165, 1.54) is 0 Å². The molecule has 3 aromatic carbocycles. The zero-order chi connectivity index (χ0) is 20.0. The summed E-state index contributed by atoms with van der Waals surface area (Å²) in [6.07, 6.45) is -0.146. The average molecular weight is 423 g/mol. The average Bonchev–Trinajstić information content (AvgIpc) is 3.19. The molecule has 0 aliphatic carbocycles. The van der Waals surface area contributed by atoms with Gasteiger partial charge in [-0.3, -0.25) is 4.79 Å². The number of para-hydroxylation sites is 1. The molecule has 0 spiro atoms. The van der Waals surface area contributed by atoms with Crippen LogP contribution >= 0.6 is 23.2 Å². The van der Waals surface area contributed by atoms with Crippen LogP contribution < -0.4 is 4.74 Å². The summed E-state index contributed by atoms with van der Waals surface area (Å²) < 4.78 is 6.11. The number of Topliss-reactive ketones (excluding diaryl/α,β-unsaturated/α-hetero) is 1. The molecule has 3 aromatic rings. The predicted octanol–water partition coefficient (Wildman–Crippen LogP) is 5.75. The molecule has 4 nitrogen and oxygen atoms in total. The lowest BCUT2D eigenvalue weighted by Crippen LogP contribution is -2.45. The highest BCUT2D eigenvalue weighted by atomic mass is 35.5. The van der Waals surface area contributed by atoms with Crippen molar-refractivity contribution in [1.29, 1.82) is 0 Å². The lowest BCUT2D eigenvalue weighted by molar-refractivity contribution is -0.00455. The van der Waals surface area contributed by atoms with Crippen LogP contribution in [0.15, 0.2) is 77.9 Å². The van der Waals surface area contributed by atoms with Gasteiger partial charge in [-0.2, -0.15) is 5.10 Å². The lowest BCUT2D eigenvalue weighted by atomic mass is 9.96. The molecule has 0 amide bonds. The molecule has 2 aliphatic rings. The zero-order valence-corrected chi connectivity index (χ0v) is 16.8. The summed E-state index contributed by atoms with van der Waals surface area (Å²) in [7, 11) is 0. The number of hydrogen-bond donors (Lipinski definition) is 0. The maximum atomic E-state index is 13.3. The first-order valence-electron chi connectivity index (χ1n) is 9.27. The van der Waals surface area contributed by atoms with Gasteiger partial charge in [0.15, 0.2) is 0 Å². The molecule has 5 rings (SSSR count). The van der Waals surface area contributed by atoms with E-state index < -0.39 is 6.23 Å². The van der Waals surface area contributed by atoms with Gasteiger partial charge in [-0.25, -0.2) is 5.01 Å². The number of fused-ring (bicyclic) bond motifs is 3. The van der Waals surface area contributed by atoms with E-state index in [1.54, 1.807) is 29.3 Å². The summed E-state index contributed by atoms with van der Waals surface area (Å²) in [5.41, 5.74) is 3.45. The number of hydrazone groups is 1. The Morgan fingerprint density at radius 2 is 1.59 bits per heavy atom. The minimum Gasteiger partial charge on any atom is -0.461 e. The van der Waals surface area contributed by atoms with E-state index in [4.69, 9.17) is 33.0 Å². The Morgan fingerprint density at radius 1 is 0.931 bits per heavy atom. The Kier molecular flexibility index (Phi) is 4.53. The standard InChI is InChI=1S/C23H16Cl2N2O2/c24-16-9-5-14(6-10-16)19-13-20-18-3-1-2-4-21(18)29-23(27(20)26-19)22(28)15-7-11-17(25)12-8-15/h1-12,20,23H,13H2/t20-,23+/m1/s1. The Hall–Kier alpha value is -2.82. The predicted molar refractivity (Wildman–Crippen MR) is 114 cm³/mol. The number of benzene rings is 3. The molecule has 6 heteroatoms. The van der Waals surface area contributed by atoms with Gasteiger partial charge in [0.05, 0.1) is 11.8 Å². The summed E-state index contributed by atoms with van der Waals surface area (Å²) in [6, 6.07) is 22.2. The normalized spacial score (nSPS) is 19.8. The molecule has 0 unspecified atom stereocenters. The summed E-state index contributed by atoms with van der Waals surface area (Å²) >= 11 is 12.0. The number of nitrogens with zero attached hydrogens (tertiary/aromatic N) is 2. The van der Waals surface area contributed by atoms with E-state index in [-0.39, 0.29) is 11.8 Å². The fraction of sp³-hybridized carbons (Fsp3) is 0.130. The van der Waals surface area contributed by atoms with Crippen molar-refractivity contribution in [3.05, 3.63) is 99.5 Å². The number of ether oxygens (including phenoxy) is 1. The van der Waals surface area contributed by atoms with Crippen LogP contribution in [0.1, 0.15) is 33.9 Å². The highest BCUT2D eigenvalue weighted by Gasteiger charge is 2.43. The summed E-state index contributed by atoms with van der Waals surface area (Å²) in [5.74, 6) is 0.566. The molecule has 0 N–H and O–H groups in total. The SMILES string of the molecule is O=C(c1ccc(Cl)cc1)[C@@H]1Oc2ccccc2[C@H]2CC(c3ccc(Cl)cc3)=NN21. The fourth-order valence-corrected chi connectivity index (χ4v) is 4.03. The first-order valence-corrected chi connectivity index (χ1v) is 10.0. The van der Waals surface area contributed by atoms with Gasteiger partial charge in [0, 0.05) is 27.6 Å². The number of ketones is 1. The molecule has 0 saturated carbocycles. The van der Waals surface area contributed by atoms with Crippen molar-refractivity contribution in [3.63, 3.8) is 0 Å². The van der Waals surface area contributed by atoms with Gasteiger partial charge < -0.3 is 4.74 Å². The zero-order valence-electron chi connectivity index (χ0n) is 15.3. The van der Waals surface area contributed by atoms with E-state index in [1.807, 2.05) is 48.5 Å². The number of carbonyl (C=O) groups excluding carboxylic acids is 1. The minimum absolute atomic E-state index is 0.0631. The van der Waals surface area contributed by atoms with E-state index in [0.717, 1.165) is 16.8 Å². The van der Waals surface area contributed by atoms with E-state index in [9.17, 15) is 4.79 Å². The molecule has 0 fully saturated rings. The van der Waals surface area contributed by atoms with E-state index in [2.05, 4.69) is 0 Å². The van der Waals surface area contributed by atoms with Crippen molar-refractivity contribution in [3.8, 4) is 5.75 Å². The smallest absolute Gasteiger partial charge is 0.251 e. The molecule has 2 atom stereocenters. The lowest BCUT2D eigenvalue weighted by Gasteiger charge is -2.37. The van der Waals surface area contributed by atoms with Gasteiger partial charge in [0.25, 0.3) is 6.23 Å². The molecule has 2 aliphatic heterocycles. The van der Waals surface area contributed by atoms with Gasteiger partial charge >= 0.3 is 0 Å². The topological polar surface area (TPSA) is 41.9 Å². The number of rotatable bonds is 3. The maximum absolute atomic E-state index is 13.3. The minimum atomic E-state index is -0.833. The molecule has 0 radical (unpaired) electrons. The second kappa shape index (κ2) is 7.21. The number of halogens is 2. The molecule has 2 heterocycles. The first-order chi connectivity index (χ1) is 14.1. The Bertz CT molecular complexity index is 1110. The Balaban J connectivity index is 1.55. The van der Waals surface area contributed by atoms with Crippen molar-refractivity contribution < 1.29 is 9.53 Å². The van der Waals surface area contributed by atoms with Crippen LogP contribution in [0.2, 0.25) is 10.0 Å². The molecule has 0 aromatic heterocycles. The van der Waals surface area contributed by atoms with Crippen LogP contribution in [0.25, 0.3) is 0 Å². The second-order valence-corrected chi connectivity index (χ2v) is 7.91. The van der Waals surface area contributed by atoms with Gasteiger partial charge in [-0.05, 0) is 48.0 Å². The van der Waals surface area contributed by atoms with Crippen molar-refractivity contribution in [2.24, 2.45) is 5.10 Å². The molecule has 0 bridgehead atoms. The van der Waals surface area contributed by atoms with Crippen molar-refractivity contribution in [2.75, 3.05) is 0 Å². The quantitative estimate of drug-likeness (QED) is 0.504. The third-order valence-electron chi connectivity index (χ3n) is 5.23. The number of carbonyl (C=O) groups is 1. The van der Waals surface area contributed by atoms with Crippen molar-refractivity contribution in [1.82, 2.24) is 5.01 Å². The van der Waals surface area contributed by atoms with E-state index >= 15 is 0 Å². The Morgan fingerprint density at radius 3 is 2.31 bits per heavy atom. The third kappa shape index (κ3) is 3.28. The number of hydrogen-bond acceptors (Lipinski definition) is 4. The highest BCUT2D eigenvalue weighted by Crippen LogP contribution is 2.43. The fourth-order valence-electron chi connectivity index (χ4n) is 3.78. The Labute approximate surface area is 178 Å². The molecule has 0 saturated heterocycles. The molecular weight excluding hydrogens is 407 g/mol. The second-order valence-electron chi connectivity index (χ2n) is 7.03. The summed E-state index contributed by atoms with van der Waals surface area (Å²) in [6.45, 7) is 0. The van der Waals surface area contributed by atoms with Gasteiger partial charge in [0.1, 0.15) is 5.75 Å². The van der Waals surface area contributed by atoms with Gasteiger partial charge in [0.2, 0.25) is 5.78 Å². The molecule has 144 valence electrons. The highest BCUT2D eigenvalue weighted by molar-refractivity contribution is 6.31. The van der Waals surface area contributed by atoms with Crippen molar-refractivity contribution in [2.45, 2.75) is 18.7 Å². The van der Waals surface area contributed by atoms with Crippen LogP contribution in [0.3, 0.4) is 0 Å². The van der Waals surface area contributed by atoms with E-state index in [0.29, 0.717) is 27.8 Å². The van der Waals surface area contributed by atoms with Crippen molar-refractivity contribution >= 4 is 34.7 Å². The maximum Gasteiger partial charge on any atom is 0.251 e. The van der Waals surface area contributed by atoms with Gasteiger partial charge in [-0.15, -0.1) is 0 Å². The van der Waals surface area contributed by atoms with Crippen LogP contribution in [0.4, 0.5) is 0 Å². The van der Waals surface area contributed by atoms with Crippen LogP contribution in [0.5, 0.6) is 5.75 Å². The monoisotopic (exact) mass is 422 g/mol.